The number of aromatic nitrogens is 3. The van der Waals surface area contributed by atoms with Crippen molar-refractivity contribution in [1.29, 1.82) is 0 Å². The number of rotatable bonds is 12. The van der Waals surface area contributed by atoms with Crippen LogP contribution < -0.4 is 51.3 Å². The Morgan fingerprint density at radius 3 is 2.54 bits per heavy atom. The van der Waals surface area contributed by atoms with E-state index >= 15 is 0 Å². The van der Waals surface area contributed by atoms with E-state index < -0.39 is 68.8 Å². The monoisotopic (exact) mass is 813 g/mol. The summed E-state index contributed by atoms with van der Waals surface area (Å²) in [6.07, 6.45) is 3.05. The molecule has 3 aromatic rings. The fourth-order valence-electron chi connectivity index (χ4n) is 6.62. The Morgan fingerprint density at radius 2 is 1.93 bits per heavy atom. The number of likely N-dealkylation sites (tertiary alicyclic amines) is 1. The largest absolute Gasteiger partial charge is 1.00 e. The van der Waals surface area contributed by atoms with Gasteiger partial charge in [0.05, 0.1) is 49.4 Å². The number of carboxylic acid groups (broad SMARTS) is 2. The van der Waals surface area contributed by atoms with E-state index in [1.807, 2.05) is 6.92 Å². The molecule has 54 heavy (non-hydrogen) atoms. The van der Waals surface area contributed by atoms with Crippen LogP contribution in [0.5, 0.6) is 11.5 Å². The number of nitrogens with zero attached hydrogens (tertiary/aromatic N) is 6. The molecule has 6 rings (SSSR count). The van der Waals surface area contributed by atoms with Crippen LogP contribution in [0.3, 0.4) is 0 Å². The van der Waals surface area contributed by atoms with Gasteiger partial charge in [0.15, 0.2) is 27.9 Å². The molecule has 0 radical (unpaired) electrons. The minimum absolute atomic E-state index is 0. The van der Waals surface area contributed by atoms with E-state index in [1.54, 1.807) is 0 Å². The predicted molar refractivity (Wildman–Crippen MR) is 191 cm³/mol. The number of halogens is 1. The second kappa shape index (κ2) is 15.7. The normalized spacial score (nSPS) is 21.0. The van der Waals surface area contributed by atoms with Crippen LogP contribution in [0.4, 0.5) is 5.13 Å². The van der Waals surface area contributed by atoms with E-state index in [-0.39, 0.29) is 75.1 Å². The number of carbonyl (C=O) groups excluding carboxylic acids is 3. The SMILES string of the molecule is C[C@@H]1S[C@@H]2[C@H](NC(=O)/C(=N\OC(C)(C)C(=O)[O-])c3csc(N)n3)C(=O)N2C(C(=O)O)=C1C[N+]1(CCn2cnc3cc(O)c(O)c(Cl)c3c2=O)CCCC1.[Na+]. The van der Waals surface area contributed by atoms with E-state index in [9.17, 15) is 44.4 Å². The molecule has 3 aliphatic rings. The van der Waals surface area contributed by atoms with Crippen LogP contribution in [-0.2, 0) is 30.6 Å². The van der Waals surface area contributed by atoms with Gasteiger partial charge in [0, 0.05) is 35.1 Å². The number of anilines is 1. The maximum atomic E-state index is 13.6. The summed E-state index contributed by atoms with van der Waals surface area (Å²) in [5.74, 6) is -5.61. The zero-order chi connectivity index (χ0) is 38.6. The number of nitrogens with two attached hydrogens (primary N) is 1. The van der Waals surface area contributed by atoms with Crippen molar-refractivity contribution in [2.24, 2.45) is 5.16 Å². The molecule has 22 heteroatoms. The maximum absolute atomic E-state index is 13.6. The fraction of sp³-hybridized carbons (Fsp3) is 0.438. The molecule has 0 aliphatic carbocycles. The standard InChI is InChI=1S/C32H35ClN8O10S2.Na/c1-14-15(11-41(7-4-5-8-41)9-6-39-13-35-16-10-18(42)24(43)20(33)19(16)26(39)45)23(29(47)48)40-27(46)22(28(40)53-14)37-25(44)21(17-12-52-31(34)36-17)38-51-32(2,3)30(49)50;/h10,12-14,22,28H,4-9,11H2,1-3H3,(H6-,34,36,37,38,42,43,44,45,47,48,49,50);/q;+1/t14-,22+,28+;/m0./s1. The number of aromatic hydroxyl groups is 2. The molecule has 6 N–H and O–H groups in total. The first-order valence-corrected chi connectivity index (χ1v) is 18.5. The third kappa shape index (κ3) is 7.64. The zero-order valence-corrected chi connectivity index (χ0v) is 34.0. The number of nitrogens with one attached hydrogen (secondary N) is 1. The molecule has 3 aliphatic heterocycles. The maximum Gasteiger partial charge on any atom is 1.00 e. The Kier molecular flexibility index (Phi) is 12.0. The number of carbonyl (C=O) groups is 4. The minimum Gasteiger partial charge on any atom is -0.546 e. The van der Waals surface area contributed by atoms with Gasteiger partial charge >= 0.3 is 35.5 Å². The number of fused-ring (bicyclic) bond motifs is 2. The number of phenols is 2. The van der Waals surface area contributed by atoms with E-state index in [0.717, 1.165) is 35.1 Å². The number of benzene rings is 1. The molecule has 18 nitrogen and oxygen atoms in total. The molecule has 3 atom stereocenters. The Morgan fingerprint density at radius 1 is 1.24 bits per heavy atom. The number of oxime groups is 1. The van der Waals surface area contributed by atoms with Crippen molar-refractivity contribution in [1.82, 2.24) is 24.8 Å². The first-order chi connectivity index (χ1) is 24.9. The summed E-state index contributed by atoms with van der Waals surface area (Å²) in [5.41, 5.74) is 3.32. The number of aliphatic carboxylic acids is 2. The van der Waals surface area contributed by atoms with Crippen molar-refractivity contribution in [2.45, 2.75) is 62.4 Å². The minimum atomic E-state index is -1.91. The van der Waals surface area contributed by atoms with Crippen LogP contribution in [0, 0.1) is 0 Å². The van der Waals surface area contributed by atoms with Gasteiger partial charge in [-0.3, -0.25) is 23.9 Å². The fourth-order valence-corrected chi connectivity index (χ4v) is 8.88. The predicted octanol–water partition coefficient (Wildman–Crippen LogP) is -2.81. The van der Waals surface area contributed by atoms with Crippen molar-refractivity contribution < 1.29 is 78.5 Å². The summed E-state index contributed by atoms with van der Waals surface area (Å²) in [6.45, 7) is 6.44. The number of thiazole rings is 1. The van der Waals surface area contributed by atoms with Gasteiger partial charge in [-0.15, -0.1) is 23.1 Å². The molecule has 0 bridgehead atoms. The topological polar surface area (TPSA) is 263 Å². The summed E-state index contributed by atoms with van der Waals surface area (Å²) < 4.78 is 1.79. The van der Waals surface area contributed by atoms with Crippen LogP contribution in [-0.4, -0.2) is 117 Å². The van der Waals surface area contributed by atoms with Gasteiger partial charge in [0.25, 0.3) is 17.4 Å². The molecule has 282 valence electrons. The molecule has 5 heterocycles. The van der Waals surface area contributed by atoms with E-state index in [2.05, 4.69) is 20.4 Å². The number of carboxylic acids is 2. The van der Waals surface area contributed by atoms with Gasteiger partial charge in [0.1, 0.15) is 34.4 Å². The number of thioether (sulfide) groups is 1. The van der Waals surface area contributed by atoms with Gasteiger partial charge in [-0.25, -0.2) is 14.8 Å². The van der Waals surface area contributed by atoms with Crippen molar-refractivity contribution in [3.63, 3.8) is 0 Å². The average molecular weight is 814 g/mol. The molecular formula is C32H35ClN8NaO10S2+. The Hall–Kier alpha value is -3.92. The van der Waals surface area contributed by atoms with Crippen LogP contribution in [0.2, 0.25) is 5.02 Å². The summed E-state index contributed by atoms with van der Waals surface area (Å²) in [6, 6.07) is -0.00487. The van der Waals surface area contributed by atoms with E-state index in [0.29, 0.717) is 29.7 Å². The van der Waals surface area contributed by atoms with Gasteiger partial charge in [0.2, 0.25) is 0 Å². The second-order valence-electron chi connectivity index (χ2n) is 13.5. The third-order valence-corrected chi connectivity index (χ3v) is 12.1. The summed E-state index contributed by atoms with van der Waals surface area (Å²) in [7, 11) is 0. The molecule has 2 saturated heterocycles. The van der Waals surface area contributed by atoms with Gasteiger partial charge in [-0.2, -0.15) is 0 Å². The first-order valence-electron chi connectivity index (χ1n) is 16.3. The summed E-state index contributed by atoms with van der Waals surface area (Å²) in [4.78, 5) is 79.4. The number of phenolic OH excluding ortho intramolecular Hbond substituents is 2. The van der Waals surface area contributed by atoms with Crippen molar-refractivity contribution in [3.8, 4) is 11.5 Å². The van der Waals surface area contributed by atoms with Gasteiger partial charge < -0.3 is 45.6 Å². The van der Waals surface area contributed by atoms with E-state index in [4.69, 9.17) is 22.2 Å². The van der Waals surface area contributed by atoms with Crippen molar-refractivity contribution >= 4 is 80.2 Å². The first kappa shape index (κ1) is 41.2. The Labute approximate surface area is 342 Å². The van der Waals surface area contributed by atoms with Crippen LogP contribution >= 0.6 is 34.7 Å². The molecule has 1 aromatic carbocycles. The quantitative estimate of drug-likeness (QED) is 0.0309. The van der Waals surface area contributed by atoms with Crippen LogP contribution in [0.25, 0.3) is 10.9 Å². The molecule has 0 spiro atoms. The molecule has 2 fully saturated rings. The Bertz CT molecular complexity index is 2170. The van der Waals surface area contributed by atoms with Crippen molar-refractivity contribution in [2.75, 3.05) is 31.9 Å². The number of quaternary nitrogens is 1. The molecular weight excluding hydrogens is 779 g/mol. The average Bonchev–Trinajstić information content (AvgIpc) is 3.75. The number of hydrogen-bond acceptors (Lipinski definition) is 15. The molecule has 0 unspecified atom stereocenters. The van der Waals surface area contributed by atoms with Gasteiger partial charge in [-0.05, 0) is 20.8 Å². The number of hydrogen-bond donors (Lipinski definition) is 5. The summed E-state index contributed by atoms with van der Waals surface area (Å²) in [5, 5.41) is 48.2. The summed E-state index contributed by atoms with van der Waals surface area (Å²) >= 11 is 8.49. The number of amides is 2. The zero-order valence-electron chi connectivity index (χ0n) is 29.6. The Balaban J connectivity index is 0.00000561. The number of nitrogen functional groups attached to an aromatic ring is 1. The molecule has 2 amide bonds. The second-order valence-corrected chi connectivity index (χ2v) is 16.2. The smallest absolute Gasteiger partial charge is 0.546 e. The number of β-lactam (4-membered cyclic amide) rings is 1. The van der Waals surface area contributed by atoms with E-state index in [1.165, 1.54) is 41.9 Å². The molecule has 0 saturated carbocycles. The third-order valence-electron chi connectivity index (χ3n) is 9.59. The van der Waals surface area contributed by atoms with Crippen molar-refractivity contribution in [3.05, 3.63) is 50.1 Å². The van der Waals surface area contributed by atoms with Crippen LogP contribution in [0.1, 0.15) is 39.3 Å². The van der Waals surface area contributed by atoms with Crippen LogP contribution in [0.15, 0.2) is 39.0 Å². The molecule has 2 aromatic heterocycles. The van der Waals surface area contributed by atoms with Gasteiger partial charge in [-0.1, -0.05) is 16.8 Å².